The summed E-state index contributed by atoms with van der Waals surface area (Å²) in [6, 6.07) is 0. The van der Waals surface area contributed by atoms with Crippen molar-refractivity contribution in [1.82, 2.24) is 0 Å². The van der Waals surface area contributed by atoms with Gasteiger partial charge in [-0.3, -0.25) is 4.79 Å². The third kappa shape index (κ3) is 2.09. The Morgan fingerprint density at radius 3 is 2.75 bits per heavy atom. The van der Waals surface area contributed by atoms with Gasteiger partial charge in [0, 0.05) is 12.3 Å². The third-order valence-corrected chi connectivity index (χ3v) is 8.29. The lowest BCUT2D eigenvalue weighted by molar-refractivity contribution is -0.132. The molecule has 0 heterocycles. The molecule has 0 amide bonds. The van der Waals surface area contributed by atoms with Crippen molar-refractivity contribution in [2.45, 2.75) is 58.8 Å². The van der Waals surface area contributed by atoms with Crippen molar-refractivity contribution < 1.29 is 15.0 Å². The average molecular weight is 330 g/mol. The molecule has 0 spiro atoms. The molecule has 0 aromatic heterocycles. The predicted molar refractivity (Wildman–Crippen MR) is 93.4 cm³/mol. The van der Waals surface area contributed by atoms with Gasteiger partial charge in [-0.05, 0) is 78.8 Å². The lowest BCUT2D eigenvalue weighted by Crippen LogP contribution is -2.50. The van der Waals surface area contributed by atoms with E-state index >= 15 is 0 Å². The lowest BCUT2D eigenvalue weighted by atomic mass is 9.48. The fraction of sp³-hybridized carbons (Fsp3) is 0.762. The number of ketones is 1. The molecule has 4 aliphatic rings. The summed E-state index contributed by atoms with van der Waals surface area (Å²) in [6.07, 6.45) is 11.7. The molecular weight excluding hydrogens is 300 g/mol. The summed E-state index contributed by atoms with van der Waals surface area (Å²) < 4.78 is 0. The predicted octanol–water partition coefficient (Wildman–Crippen LogP) is 4.18. The van der Waals surface area contributed by atoms with Crippen LogP contribution < -0.4 is 0 Å². The van der Waals surface area contributed by atoms with Gasteiger partial charge in [-0.2, -0.15) is 0 Å². The summed E-state index contributed by atoms with van der Waals surface area (Å²) in [4.78, 5) is 12.3. The molecule has 0 bridgehead atoms. The lowest BCUT2D eigenvalue weighted by Gasteiger charge is -2.56. The van der Waals surface area contributed by atoms with Crippen LogP contribution in [0.4, 0.5) is 0 Å². The average Bonchev–Trinajstić information content (AvgIpc) is 2.92. The number of carbonyl (C=O) groups is 1. The van der Waals surface area contributed by atoms with Gasteiger partial charge >= 0.3 is 0 Å². The fourth-order valence-corrected chi connectivity index (χ4v) is 6.95. The number of fused-ring (bicyclic) bond motifs is 5. The second-order valence-corrected chi connectivity index (χ2v) is 9.12. The van der Waals surface area contributed by atoms with Crippen LogP contribution in [0.5, 0.6) is 0 Å². The molecule has 2 fully saturated rings. The van der Waals surface area contributed by atoms with Gasteiger partial charge in [0.15, 0.2) is 5.78 Å². The van der Waals surface area contributed by atoms with E-state index in [1.165, 1.54) is 12.0 Å². The van der Waals surface area contributed by atoms with Gasteiger partial charge in [0.2, 0.25) is 0 Å². The quantitative estimate of drug-likeness (QED) is 0.798. The van der Waals surface area contributed by atoms with Crippen LogP contribution in [0.15, 0.2) is 23.5 Å². The molecule has 0 unspecified atom stereocenters. The molecule has 0 aromatic rings. The Kier molecular flexibility index (Phi) is 3.72. The number of rotatable bonds is 2. The summed E-state index contributed by atoms with van der Waals surface area (Å²) in [7, 11) is 0. The molecule has 6 atom stereocenters. The van der Waals surface area contributed by atoms with E-state index < -0.39 is 0 Å². The van der Waals surface area contributed by atoms with Crippen LogP contribution in [0.1, 0.15) is 58.8 Å². The number of aliphatic hydroxyl groups is 2. The molecular formula is C21H30O3. The highest BCUT2D eigenvalue weighted by molar-refractivity contribution is 5.83. The first kappa shape index (κ1) is 16.4. The van der Waals surface area contributed by atoms with Crippen molar-refractivity contribution in [1.29, 1.82) is 0 Å². The second-order valence-electron chi connectivity index (χ2n) is 9.12. The van der Waals surface area contributed by atoms with Gasteiger partial charge in [-0.25, -0.2) is 0 Å². The summed E-state index contributed by atoms with van der Waals surface area (Å²) in [6.45, 7) is 4.41. The highest BCUT2D eigenvalue weighted by atomic mass is 16.3. The Bertz CT molecular complexity index is 619. The fourth-order valence-electron chi connectivity index (χ4n) is 6.95. The zero-order valence-electron chi connectivity index (χ0n) is 14.9. The monoisotopic (exact) mass is 330 g/mol. The summed E-state index contributed by atoms with van der Waals surface area (Å²) in [5.74, 6) is 2.58. The maximum absolute atomic E-state index is 12.3. The minimum atomic E-state index is -0.299. The first-order chi connectivity index (χ1) is 11.4. The summed E-state index contributed by atoms with van der Waals surface area (Å²) >= 11 is 0. The number of carbonyl (C=O) groups excluding carboxylic acids is 1. The van der Waals surface area contributed by atoms with Crippen molar-refractivity contribution in [2.24, 2.45) is 34.5 Å². The van der Waals surface area contributed by atoms with Crippen LogP contribution in [0.25, 0.3) is 0 Å². The first-order valence-corrected chi connectivity index (χ1v) is 9.64. The number of hydrogen-bond donors (Lipinski definition) is 2. The van der Waals surface area contributed by atoms with Crippen LogP contribution >= 0.6 is 0 Å². The van der Waals surface area contributed by atoms with E-state index in [-0.39, 0.29) is 29.1 Å². The largest absolute Gasteiger partial charge is 0.512 e. The van der Waals surface area contributed by atoms with Crippen LogP contribution in [-0.4, -0.2) is 22.6 Å². The van der Waals surface area contributed by atoms with Crippen molar-refractivity contribution in [3.05, 3.63) is 23.5 Å². The SMILES string of the molecule is C[C@]12CC[C@H]3[C@@H](CC=C4C=C(O)CC[C@@]43C)[C@@H]1CC[C@@H]2C(=O)CO. The van der Waals surface area contributed by atoms with E-state index in [1.807, 2.05) is 6.08 Å². The van der Waals surface area contributed by atoms with Gasteiger partial charge in [0.25, 0.3) is 0 Å². The van der Waals surface area contributed by atoms with Crippen molar-refractivity contribution >= 4 is 5.78 Å². The van der Waals surface area contributed by atoms with E-state index in [0.29, 0.717) is 23.5 Å². The van der Waals surface area contributed by atoms with Gasteiger partial charge in [-0.1, -0.05) is 19.9 Å². The molecule has 0 aromatic carbocycles. The Balaban J connectivity index is 1.67. The Morgan fingerprint density at radius 1 is 1.21 bits per heavy atom. The van der Waals surface area contributed by atoms with Gasteiger partial charge in [-0.15, -0.1) is 0 Å². The van der Waals surface area contributed by atoms with Crippen molar-refractivity contribution in [3.63, 3.8) is 0 Å². The molecule has 2 saturated carbocycles. The normalized spacial score (nSPS) is 47.1. The first-order valence-electron chi connectivity index (χ1n) is 9.64. The Morgan fingerprint density at radius 2 is 2.00 bits per heavy atom. The zero-order valence-corrected chi connectivity index (χ0v) is 14.9. The molecule has 2 N–H and O–H groups in total. The van der Waals surface area contributed by atoms with E-state index in [0.717, 1.165) is 38.5 Å². The van der Waals surface area contributed by atoms with E-state index in [2.05, 4.69) is 19.9 Å². The molecule has 3 heteroatoms. The molecule has 0 radical (unpaired) electrons. The van der Waals surface area contributed by atoms with Crippen molar-refractivity contribution in [3.8, 4) is 0 Å². The van der Waals surface area contributed by atoms with Crippen molar-refractivity contribution in [2.75, 3.05) is 6.61 Å². The maximum atomic E-state index is 12.3. The number of Topliss-reactive ketones (excluding diaryl/α,β-unsaturated/α-hetero) is 1. The van der Waals surface area contributed by atoms with Crippen LogP contribution in [0, 0.1) is 34.5 Å². The standard InChI is InChI=1S/C21H30O3/c1-20-9-7-14(23)11-13(20)3-4-15-16-5-6-18(19(24)12-22)21(16,2)10-8-17(15)20/h3,11,15-18,22-23H,4-10,12H2,1-2H3/t15-,16-,17-,18+,20-,21-/m0/s1. The molecule has 24 heavy (non-hydrogen) atoms. The molecule has 4 aliphatic carbocycles. The topological polar surface area (TPSA) is 57.5 Å². The van der Waals surface area contributed by atoms with Crippen LogP contribution in [0.2, 0.25) is 0 Å². The molecule has 3 nitrogen and oxygen atoms in total. The van der Waals surface area contributed by atoms with Gasteiger partial charge in [0.05, 0.1) is 5.76 Å². The summed E-state index contributed by atoms with van der Waals surface area (Å²) in [5.41, 5.74) is 1.61. The number of allylic oxidation sites excluding steroid dienone is 4. The highest BCUT2D eigenvalue weighted by Crippen LogP contribution is 2.65. The van der Waals surface area contributed by atoms with Crippen LogP contribution in [-0.2, 0) is 4.79 Å². The van der Waals surface area contributed by atoms with Gasteiger partial charge < -0.3 is 10.2 Å². The second kappa shape index (κ2) is 5.45. The van der Waals surface area contributed by atoms with E-state index in [4.69, 9.17) is 0 Å². The smallest absolute Gasteiger partial charge is 0.161 e. The number of hydrogen-bond acceptors (Lipinski definition) is 3. The highest BCUT2D eigenvalue weighted by Gasteiger charge is 2.59. The minimum absolute atomic E-state index is 0.0573. The Labute approximate surface area is 144 Å². The molecule has 132 valence electrons. The molecule has 4 rings (SSSR count). The maximum Gasteiger partial charge on any atom is 0.161 e. The zero-order chi connectivity index (χ0) is 17.1. The van der Waals surface area contributed by atoms with E-state index in [1.54, 1.807) is 0 Å². The summed E-state index contributed by atoms with van der Waals surface area (Å²) in [5, 5.41) is 19.3. The van der Waals surface area contributed by atoms with Crippen LogP contribution in [0.3, 0.4) is 0 Å². The third-order valence-electron chi connectivity index (χ3n) is 8.29. The number of aliphatic hydroxyl groups excluding tert-OH is 2. The Hall–Kier alpha value is -1.09. The van der Waals surface area contributed by atoms with Gasteiger partial charge in [0.1, 0.15) is 6.61 Å². The van der Waals surface area contributed by atoms with E-state index in [9.17, 15) is 15.0 Å². The minimum Gasteiger partial charge on any atom is -0.512 e. The molecule has 0 aliphatic heterocycles. The molecule has 0 saturated heterocycles.